The molecule has 3 rings (SSSR count). The number of aliphatic carboxylic acids is 1. The maximum absolute atomic E-state index is 12.2. The highest BCUT2D eigenvalue weighted by molar-refractivity contribution is 6.05. The van der Waals surface area contributed by atoms with Crippen LogP contribution in [-0.2, 0) is 16.0 Å². The lowest BCUT2D eigenvalue weighted by Crippen LogP contribution is -2.14. The molecule has 9 heteroatoms. The normalized spacial score (nSPS) is 10.8. The van der Waals surface area contributed by atoms with Crippen molar-refractivity contribution in [2.75, 3.05) is 33.0 Å². The first-order valence-corrected chi connectivity index (χ1v) is 12.3. The molecule has 0 fully saturated rings. The number of ether oxygens (including phenoxy) is 4. The fraction of sp³-hybridized carbons (Fsp3) is 0.345. The summed E-state index contributed by atoms with van der Waals surface area (Å²) < 4.78 is 22.7. The average molecular weight is 525 g/mol. The number of phenols is 1. The maximum atomic E-state index is 12.2. The van der Waals surface area contributed by atoms with Crippen LogP contribution in [-0.4, -0.2) is 60.8 Å². The Bertz CT molecular complexity index is 1310. The number of phenolic OH excluding ortho intramolecular Hbond substituents is 1. The molecule has 0 aliphatic heterocycles. The quantitative estimate of drug-likeness (QED) is 0.212. The summed E-state index contributed by atoms with van der Waals surface area (Å²) in [5.74, 6) is -0.251. The van der Waals surface area contributed by atoms with E-state index in [4.69, 9.17) is 24.1 Å². The van der Waals surface area contributed by atoms with Gasteiger partial charge < -0.3 is 29.2 Å². The second kappa shape index (κ2) is 13.4. The number of rotatable bonds is 15. The number of aromatic hydroxyl groups is 1. The number of benzene rings is 3. The molecular weight excluding hydrogens is 492 g/mol. The summed E-state index contributed by atoms with van der Waals surface area (Å²) >= 11 is 0. The van der Waals surface area contributed by atoms with Crippen LogP contribution in [0, 0.1) is 0 Å². The van der Waals surface area contributed by atoms with Crippen LogP contribution in [0.25, 0.3) is 10.8 Å². The van der Waals surface area contributed by atoms with Gasteiger partial charge in [0.2, 0.25) is 0 Å². The molecule has 0 unspecified atom stereocenters. The van der Waals surface area contributed by atoms with Gasteiger partial charge in [0.1, 0.15) is 36.2 Å². The summed E-state index contributed by atoms with van der Waals surface area (Å²) in [6, 6.07) is 11.7. The minimum absolute atomic E-state index is 0.0425. The Hall–Kier alpha value is -4.11. The van der Waals surface area contributed by atoms with Gasteiger partial charge >= 0.3 is 5.97 Å². The minimum atomic E-state index is -1.09. The number of ketones is 2. The zero-order valence-electron chi connectivity index (χ0n) is 21.7. The van der Waals surface area contributed by atoms with Gasteiger partial charge in [-0.3, -0.25) is 9.59 Å². The molecule has 0 heterocycles. The number of hydrogen-bond donors (Lipinski definition) is 2. The molecular formula is C29H32O9. The van der Waals surface area contributed by atoms with Gasteiger partial charge in [-0.25, -0.2) is 4.79 Å². The second-order valence-electron chi connectivity index (χ2n) is 8.59. The molecule has 0 amide bonds. The van der Waals surface area contributed by atoms with E-state index in [1.54, 1.807) is 42.5 Å². The van der Waals surface area contributed by atoms with Crippen molar-refractivity contribution < 1.29 is 43.5 Å². The molecule has 3 aromatic rings. The van der Waals surface area contributed by atoms with Crippen LogP contribution in [0.1, 0.15) is 53.5 Å². The van der Waals surface area contributed by atoms with Crippen LogP contribution in [0.2, 0.25) is 0 Å². The van der Waals surface area contributed by atoms with Crippen LogP contribution in [0.3, 0.4) is 0 Å². The van der Waals surface area contributed by atoms with Crippen molar-refractivity contribution in [2.45, 2.75) is 33.6 Å². The number of carbonyl (C=O) groups excluding carboxylic acids is 2. The van der Waals surface area contributed by atoms with E-state index in [0.717, 1.165) is 6.42 Å². The Balaban J connectivity index is 1.60. The number of carboxylic acid groups (broad SMARTS) is 1. The van der Waals surface area contributed by atoms with Crippen molar-refractivity contribution in [3.63, 3.8) is 0 Å². The zero-order chi connectivity index (χ0) is 27.7. The van der Waals surface area contributed by atoms with E-state index in [9.17, 15) is 19.5 Å². The van der Waals surface area contributed by atoms with Gasteiger partial charge in [0, 0.05) is 16.3 Å². The molecule has 0 saturated carbocycles. The summed E-state index contributed by atoms with van der Waals surface area (Å²) in [6.07, 6.45) is 1.35. The summed E-state index contributed by atoms with van der Waals surface area (Å²) in [5.41, 5.74) is 1.27. The Morgan fingerprint density at radius 2 is 1.45 bits per heavy atom. The van der Waals surface area contributed by atoms with Crippen LogP contribution in [0.4, 0.5) is 0 Å². The molecule has 0 bridgehead atoms. The fourth-order valence-electron chi connectivity index (χ4n) is 4.04. The van der Waals surface area contributed by atoms with Gasteiger partial charge in [0.15, 0.2) is 18.2 Å². The van der Waals surface area contributed by atoms with Crippen molar-refractivity contribution in [3.8, 4) is 23.0 Å². The van der Waals surface area contributed by atoms with Gasteiger partial charge in [-0.2, -0.15) is 0 Å². The third kappa shape index (κ3) is 7.01. The van der Waals surface area contributed by atoms with Crippen molar-refractivity contribution >= 4 is 28.3 Å². The highest BCUT2D eigenvalue weighted by Gasteiger charge is 2.17. The van der Waals surface area contributed by atoms with E-state index >= 15 is 0 Å². The largest absolute Gasteiger partial charge is 0.507 e. The van der Waals surface area contributed by atoms with Crippen molar-refractivity contribution in [3.05, 3.63) is 59.2 Å². The predicted molar refractivity (Wildman–Crippen MR) is 141 cm³/mol. The van der Waals surface area contributed by atoms with Crippen molar-refractivity contribution in [1.82, 2.24) is 0 Å². The monoisotopic (exact) mass is 524 g/mol. The van der Waals surface area contributed by atoms with Crippen molar-refractivity contribution in [1.29, 1.82) is 0 Å². The van der Waals surface area contributed by atoms with E-state index < -0.39 is 12.6 Å². The first-order valence-electron chi connectivity index (χ1n) is 12.3. The molecule has 38 heavy (non-hydrogen) atoms. The molecule has 3 aromatic carbocycles. The number of carboxylic acids is 1. The molecule has 0 spiro atoms. The highest BCUT2D eigenvalue weighted by atomic mass is 16.5. The number of fused-ring (bicyclic) bond motifs is 1. The average Bonchev–Trinajstić information content (AvgIpc) is 2.88. The SMILES string of the molecule is CCCc1c(OCCOCCOc2c(C(C)=O)ccc3c(OCC(=O)O)cccc23)ccc(C(C)=O)c1O. The van der Waals surface area contributed by atoms with E-state index in [-0.39, 0.29) is 49.3 Å². The van der Waals surface area contributed by atoms with Crippen LogP contribution in [0.15, 0.2) is 42.5 Å². The fourth-order valence-corrected chi connectivity index (χ4v) is 4.04. The van der Waals surface area contributed by atoms with E-state index in [1.165, 1.54) is 13.8 Å². The van der Waals surface area contributed by atoms with Crippen LogP contribution >= 0.6 is 0 Å². The van der Waals surface area contributed by atoms with E-state index in [1.807, 2.05) is 6.92 Å². The Labute approximate surface area is 220 Å². The minimum Gasteiger partial charge on any atom is -0.507 e. The Kier molecular flexibility index (Phi) is 10.1. The molecule has 202 valence electrons. The highest BCUT2D eigenvalue weighted by Crippen LogP contribution is 2.36. The van der Waals surface area contributed by atoms with Gasteiger partial charge in [-0.15, -0.1) is 0 Å². The molecule has 9 nitrogen and oxygen atoms in total. The summed E-state index contributed by atoms with van der Waals surface area (Å²) in [6.45, 7) is 5.21. The van der Waals surface area contributed by atoms with E-state index in [2.05, 4.69) is 0 Å². The number of Topliss-reactive ketones (excluding diaryl/α,β-unsaturated/α-hetero) is 2. The number of carbonyl (C=O) groups is 3. The molecule has 0 aliphatic rings. The summed E-state index contributed by atoms with van der Waals surface area (Å²) in [7, 11) is 0. The zero-order valence-corrected chi connectivity index (χ0v) is 21.7. The Morgan fingerprint density at radius 1 is 0.763 bits per heavy atom. The Morgan fingerprint density at radius 3 is 2.11 bits per heavy atom. The van der Waals surface area contributed by atoms with Gasteiger partial charge in [-0.05, 0) is 50.6 Å². The first-order chi connectivity index (χ1) is 18.2. The van der Waals surface area contributed by atoms with Gasteiger partial charge in [0.05, 0.1) is 24.3 Å². The topological polar surface area (TPSA) is 129 Å². The molecule has 0 atom stereocenters. The second-order valence-corrected chi connectivity index (χ2v) is 8.59. The molecule has 0 radical (unpaired) electrons. The third-order valence-corrected chi connectivity index (χ3v) is 5.78. The van der Waals surface area contributed by atoms with Crippen LogP contribution in [0.5, 0.6) is 23.0 Å². The molecule has 0 saturated heterocycles. The molecule has 0 aliphatic carbocycles. The molecule has 2 N–H and O–H groups in total. The van der Waals surface area contributed by atoms with Gasteiger partial charge in [-0.1, -0.05) is 25.5 Å². The predicted octanol–water partition coefficient (Wildman–Crippen LogP) is 4.84. The van der Waals surface area contributed by atoms with Crippen LogP contribution < -0.4 is 14.2 Å². The summed E-state index contributed by atoms with van der Waals surface area (Å²) in [4.78, 5) is 34.8. The maximum Gasteiger partial charge on any atom is 0.341 e. The first kappa shape index (κ1) is 28.5. The lowest BCUT2D eigenvalue weighted by molar-refractivity contribution is -0.139. The summed E-state index contributed by atoms with van der Waals surface area (Å²) in [5, 5.41) is 20.6. The lowest BCUT2D eigenvalue weighted by Gasteiger charge is -2.16. The lowest BCUT2D eigenvalue weighted by atomic mass is 10.0. The van der Waals surface area contributed by atoms with Gasteiger partial charge in [0.25, 0.3) is 0 Å². The third-order valence-electron chi connectivity index (χ3n) is 5.78. The molecule has 0 aromatic heterocycles. The smallest absolute Gasteiger partial charge is 0.341 e. The van der Waals surface area contributed by atoms with E-state index in [0.29, 0.717) is 45.6 Å². The number of hydrogen-bond acceptors (Lipinski definition) is 8. The van der Waals surface area contributed by atoms with Crippen molar-refractivity contribution in [2.24, 2.45) is 0 Å². The standard InChI is InChI=1S/C29H32O9/c1-4-6-24-26(12-11-20(18(2)30)28(24)34)36-15-13-35-14-16-37-29-21(19(3)31)9-10-22-23(29)7-5-8-25(22)38-17-27(32)33/h5,7-12,34H,4,6,13-17H2,1-3H3,(H,32,33).